The summed E-state index contributed by atoms with van der Waals surface area (Å²) in [6, 6.07) is 10.7. The van der Waals surface area contributed by atoms with Crippen molar-refractivity contribution in [2.24, 2.45) is 5.92 Å². The molecular weight excluding hydrogens is 398 g/mol. The van der Waals surface area contributed by atoms with Gasteiger partial charge in [0.25, 0.3) is 5.91 Å². The second kappa shape index (κ2) is 8.21. The average Bonchev–Trinajstić information content (AvgIpc) is 3.19. The van der Waals surface area contributed by atoms with E-state index in [-0.39, 0.29) is 25.9 Å². The quantitative estimate of drug-likeness (QED) is 0.753. The normalized spacial score (nSPS) is 17.7. The number of fused-ring (bicyclic) bond motifs is 2. The zero-order chi connectivity index (χ0) is 20.4. The molecular formula is C21H20ClNO6. The van der Waals surface area contributed by atoms with E-state index in [0.717, 1.165) is 11.1 Å². The highest BCUT2D eigenvalue weighted by Gasteiger charge is 2.30. The lowest BCUT2D eigenvalue weighted by Gasteiger charge is -2.25. The van der Waals surface area contributed by atoms with Gasteiger partial charge in [0.15, 0.2) is 17.6 Å². The molecule has 0 unspecified atom stereocenters. The van der Waals surface area contributed by atoms with Crippen molar-refractivity contribution in [2.45, 2.75) is 26.0 Å². The lowest BCUT2D eigenvalue weighted by atomic mass is 9.97. The van der Waals surface area contributed by atoms with Crippen molar-refractivity contribution in [3.63, 3.8) is 0 Å². The molecule has 0 saturated carbocycles. The van der Waals surface area contributed by atoms with E-state index in [0.29, 0.717) is 28.7 Å². The number of rotatable bonds is 5. The first kappa shape index (κ1) is 19.4. The highest BCUT2D eigenvalue weighted by atomic mass is 35.5. The Morgan fingerprint density at radius 2 is 1.93 bits per heavy atom. The minimum Gasteiger partial charge on any atom is -0.492 e. The summed E-state index contributed by atoms with van der Waals surface area (Å²) in [5.41, 5.74) is 1.71. The molecule has 2 aromatic rings. The number of benzene rings is 2. The molecule has 152 valence electrons. The van der Waals surface area contributed by atoms with Crippen molar-refractivity contribution >= 4 is 23.5 Å². The molecule has 2 aliphatic heterocycles. The Bertz CT molecular complexity index is 947. The van der Waals surface area contributed by atoms with Gasteiger partial charge in [0.1, 0.15) is 12.4 Å². The van der Waals surface area contributed by atoms with Gasteiger partial charge in [-0.15, -0.1) is 0 Å². The Morgan fingerprint density at radius 1 is 1.14 bits per heavy atom. The minimum atomic E-state index is -0.919. The van der Waals surface area contributed by atoms with Crippen molar-refractivity contribution < 1.29 is 28.5 Å². The predicted molar refractivity (Wildman–Crippen MR) is 104 cm³/mol. The van der Waals surface area contributed by atoms with Gasteiger partial charge in [0, 0.05) is 11.6 Å². The molecule has 0 spiro atoms. The topological polar surface area (TPSA) is 83.1 Å². The Morgan fingerprint density at radius 3 is 2.79 bits per heavy atom. The summed E-state index contributed by atoms with van der Waals surface area (Å²) in [6.07, 6.45) is -0.461. The van der Waals surface area contributed by atoms with E-state index in [4.69, 9.17) is 30.5 Å². The summed E-state index contributed by atoms with van der Waals surface area (Å²) < 4.78 is 21.5. The van der Waals surface area contributed by atoms with Crippen LogP contribution in [0, 0.1) is 5.92 Å². The highest BCUT2D eigenvalue weighted by molar-refractivity contribution is 6.30. The molecule has 0 bridgehead atoms. The summed E-state index contributed by atoms with van der Waals surface area (Å²) in [4.78, 5) is 24.8. The van der Waals surface area contributed by atoms with Gasteiger partial charge in [-0.25, -0.2) is 0 Å². The van der Waals surface area contributed by atoms with Gasteiger partial charge in [-0.1, -0.05) is 17.7 Å². The number of halogens is 1. The van der Waals surface area contributed by atoms with E-state index in [2.05, 4.69) is 5.32 Å². The predicted octanol–water partition coefficient (Wildman–Crippen LogP) is 2.87. The summed E-state index contributed by atoms with van der Waals surface area (Å²) in [5.74, 6) is 0.712. The molecule has 2 atom stereocenters. The monoisotopic (exact) mass is 417 g/mol. The van der Waals surface area contributed by atoms with Crippen LogP contribution in [-0.2, 0) is 27.3 Å². The SMILES string of the molecule is C[C@H](OC(=O)[C@@H]1COc2ccc(Cl)cc2C1)C(=O)NCc1ccc2c(c1)OCO2. The summed E-state index contributed by atoms with van der Waals surface area (Å²) in [6.45, 7) is 2.23. The Kier molecular flexibility index (Phi) is 5.49. The van der Waals surface area contributed by atoms with Gasteiger partial charge in [0.2, 0.25) is 6.79 Å². The smallest absolute Gasteiger partial charge is 0.313 e. The molecule has 0 aliphatic carbocycles. The molecule has 2 aliphatic rings. The first-order valence-electron chi connectivity index (χ1n) is 9.27. The molecule has 2 aromatic carbocycles. The van der Waals surface area contributed by atoms with E-state index in [1.54, 1.807) is 37.3 Å². The van der Waals surface area contributed by atoms with Crippen LogP contribution in [-0.4, -0.2) is 31.4 Å². The Hall–Kier alpha value is -2.93. The molecule has 0 fully saturated rings. The summed E-state index contributed by atoms with van der Waals surface area (Å²) in [5, 5.41) is 3.34. The maximum Gasteiger partial charge on any atom is 0.313 e. The van der Waals surface area contributed by atoms with Gasteiger partial charge >= 0.3 is 5.97 Å². The second-order valence-corrected chi connectivity index (χ2v) is 7.39. The third-order valence-corrected chi connectivity index (χ3v) is 5.06. The Labute approximate surface area is 172 Å². The standard InChI is InChI=1S/C21H20ClNO6/c1-12(20(24)23-9-13-2-4-18-19(6-13)28-11-27-18)29-21(25)15-7-14-8-16(22)3-5-17(14)26-10-15/h2-6,8,12,15H,7,9-11H2,1H3,(H,23,24)/t12-,15-/m0/s1. The second-order valence-electron chi connectivity index (χ2n) is 6.95. The number of hydrogen-bond donors (Lipinski definition) is 1. The van der Waals surface area contributed by atoms with Crippen LogP contribution in [0.3, 0.4) is 0 Å². The molecule has 0 saturated heterocycles. The van der Waals surface area contributed by atoms with Gasteiger partial charge in [-0.2, -0.15) is 0 Å². The van der Waals surface area contributed by atoms with E-state index < -0.39 is 18.0 Å². The molecule has 1 amide bonds. The number of hydrogen-bond acceptors (Lipinski definition) is 6. The maximum atomic E-state index is 12.5. The first-order chi connectivity index (χ1) is 14.0. The lowest BCUT2D eigenvalue weighted by molar-refractivity contribution is -0.160. The van der Waals surface area contributed by atoms with Crippen molar-refractivity contribution in [2.75, 3.05) is 13.4 Å². The summed E-state index contributed by atoms with van der Waals surface area (Å²) >= 11 is 6.01. The Balaban J connectivity index is 1.29. The van der Waals surface area contributed by atoms with Gasteiger partial charge < -0.3 is 24.3 Å². The average molecular weight is 418 g/mol. The van der Waals surface area contributed by atoms with Crippen LogP contribution < -0.4 is 19.5 Å². The molecule has 8 heteroatoms. The van der Waals surface area contributed by atoms with E-state index >= 15 is 0 Å². The number of nitrogens with one attached hydrogen (secondary N) is 1. The summed E-state index contributed by atoms with van der Waals surface area (Å²) in [7, 11) is 0. The largest absolute Gasteiger partial charge is 0.492 e. The molecule has 2 heterocycles. The van der Waals surface area contributed by atoms with Crippen molar-refractivity contribution in [3.8, 4) is 17.2 Å². The number of esters is 1. The van der Waals surface area contributed by atoms with Gasteiger partial charge in [-0.3, -0.25) is 9.59 Å². The van der Waals surface area contributed by atoms with Gasteiger partial charge in [-0.05, 0) is 54.8 Å². The van der Waals surface area contributed by atoms with Crippen LogP contribution in [0.15, 0.2) is 36.4 Å². The molecule has 0 aromatic heterocycles. The lowest BCUT2D eigenvalue weighted by Crippen LogP contribution is -2.38. The van der Waals surface area contributed by atoms with E-state index in [9.17, 15) is 9.59 Å². The minimum absolute atomic E-state index is 0.194. The fourth-order valence-electron chi connectivity index (χ4n) is 3.22. The van der Waals surface area contributed by atoms with E-state index in [1.165, 1.54) is 0 Å². The number of carbonyl (C=O) groups is 2. The van der Waals surface area contributed by atoms with Crippen molar-refractivity contribution in [1.29, 1.82) is 0 Å². The maximum absolute atomic E-state index is 12.5. The number of amides is 1. The van der Waals surface area contributed by atoms with Crippen LogP contribution in [0.4, 0.5) is 0 Å². The highest BCUT2D eigenvalue weighted by Crippen LogP contribution is 2.32. The molecule has 0 radical (unpaired) electrons. The van der Waals surface area contributed by atoms with Crippen LogP contribution in [0.2, 0.25) is 5.02 Å². The fraction of sp³-hybridized carbons (Fsp3) is 0.333. The van der Waals surface area contributed by atoms with E-state index in [1.807, 2.05) is 6.07 Å². The van der Waals surface area contributed by atoms with Gasteiger partial charge in [0.05, 0.1) is 5.92 Å². The third-order valence-electron chi connectivity index (χ3n) is 4.83. The number of carbonyl (C=O) groups excluding carboxylic acids is 2. The molecule has 29 heavy (non-hydrogen) atoms. The molecule has 4 rings (SSSR count). The number of ether oxygens (including phenoxy) is 4. The van der Waals surface area contributed by atoms with Crippen LogP contribution in [0.25, 0.3) is 0 Å². The third kappa shape index (κ3) is 4.40. The fourth-order valence-corrected chi connectivity index (χ4v) is 3.42. The van der Waals surface area contributed by atoms with Crippen LogP contribution >= 0.6 is 11.6 Å². The van der Waals surface area contributed by atoms with Crippen molar-refractivity contribution in [1.82, 2.24) is 5.32 Å². The zero-order valence-corrected chi connectivity index (χ0v) is 16.5. The van der Waals surface area contributed by atoms with Crippen LogP contribution in [0.5, 0.6) is 17.2 Å². The first-order valence-corrected chi connectivity index (χ1v) is 9.65. The van der Waals surface area contributed by atoms with Crippen LogP contribution in [0.1, 0.15) is 18.1 Å². The molecule has 1 N–H and O–H groups in total. The van der Waals surface area contributed by atoms with Crippen molar-refractivity contribution in [3.05, 3.63) is 52.5 Å². The zero-order valence-electron chi connectivity index (χ0n) is 15.8. The molecule has 7 nitrogen and oxygen atoms in total.